The van der Waals surface area contributed by atoms with Gasteiger partial charge in [0.25, 0.3) is 5.91 Å². The first kappa shape index (κ1) is 13.2. The Morgan fingerprint density at radius 1 is 1.00 bits per heavy atom. The van der Waals surface area contributed by atoms with Gasteiger partial charge in [0.05, 0.1) is 0 Å². The highest BCUT2D eigenvalue weighted by Crippen LogP contribution is 2.29. The van der Waals surface area contributed by atoms with E-state index in [1.807, 2.05) is 30.3 Å². The van der Waals surface area contributed by atoms with Gasteiger partial charge in [-0.1, -0.05) is 44.2 Å². The molecule has 0 aliphatic carbocycles. The zero-order valence-corrected chi connectivity index (χ0v) is 10.6. The summed E-state index contributed by atoms with van der Waals surface area (Å²) in [5.74, 6) is -0.773. The third-order valence-electron chi connectivity index (χ3n) is 2.87. The maximum atomic E-state index is 5.62. The van der Waals surface area contributed by atoms with Gasteiger partial charge in [-0.15, -0.1) is 0 Å². The zero-order valence-electron chi connectivity index (χ0n) is 10.6. The van der Waals surface area contributed by atoms with E-state index in [9.17, 15) is 0 Å². The van der Waals surface area contributed by atoms with Gasteiger partial charge >= 0.3 is 0 Å². The Balaban J connectivity index is 3.14. The predicted molar refractivity (Wildman–Crippen MR) is 65.1 cm³/mol. The van der Waals surface area contributed by atoms with Gasteiger partial charge in [0, 0.05) is 32.9 Å². The molecule has 0 amide bonds. The lowest BCUT2D eigenvalue weighted by Gasteiger charge is -2.40. The van der Waals surface area contributed by atoms with Crippen molar-refractivity contribution in [2.24, 2.45) is 0 Å². The van der Waals surface area contributed by atoms with Crippen molar-refractivity contribution in [3.05, 3.63) is 35.9 Å². The van der Waals surface area contributed by atoms with E-state index in [0.717, 1.165) is 18.7 Å². The van der Waals surface area contributed by atoms with Crippen molar-refractivity contribution in [3.8, 4) is 0 Å². The number of ether oxygens (including phenoxy) is 2. The van der Waals surface area contributed by atoms with E-state index in [2.05, 4.69) is 18.7 Å². The molecule has 16 heavy (non-hydrogen) atoms. The van der Waals surface area contributed by atoms with Crippen LogP contribution in [0.3, 0.4) is 0 Å². The molecule has 0 saturated carbocycles. The lowest BCUT2D eigenvalue weighted by atomic mass is 10.1. The topological polar surface area (TPSA) is 21.7 Å². The Labute approximate surface area is 98.0 Å². The smallest absolute Gasteiger partial charge is 0.257 e. The van der Waals surface area contributed by atoms with Crippen LogP contribution in [0.2, 0.25) is 0 Å². The Morgan fingerprint density at radius 2 is 1.50 bits per heavy atom. The molecule has 3 heteroatoms. The molecule has 0 fully saturated rings. The van der Waals surface area contributed by atoms with Crippen molar-refractivity contribution < 1.29 is 9.47 Å². The van der Waals surface area contributed by atoms with Crippen LogP contribution in [0, 0.1) is 0 Å². The van der Waals surface area contributed by atoms with Gasteiger partial charge in [0.2, 0.25) is 0 Å². The fraction of sp³-hybridized carbons (Fsp3) is 0.538. The van der Waals surface area contributed by atoms with Gasteiger partial charge < -0.3 is 9.47 Å². The molecule has 0 aliphatic heterocycles. The molecule has 1 aromatic rings. The molecular formula is C13H21NO2. The summed E-state index contributed by atoms with van der Waals surface area (Å²) in [6.45, 7) is 5.93. The number of hydrogen-bond acceptors (Lipinski definition) is 3. The third-order valence-corrected chi connectivity index (χ3v) is 2.87. The van der Waals surface area contributed by atoms with Crippen LogP contribution in [0.4, 0.5) is 0 Å². The maximum Gasteiger partial charge on any atom is 0.257 e. The minimum absolute atomic E-state index is 0.773. The predicted octanol–water partition coefficient (Wildman–Crippen LogP) is 2.43. The van der Waals surface area contributed by atoms with Gasteiger partial charge in [-0.2, -0.15) is 0 Å². The van der Waals surface area contributed by atoms with Crippen LogP contribution in [0.1, 0.15) is 19.4 Å². The first-order valence-electron chi connectivity index (χ1n) is 5.66. The minimum Gasteiger partial charge on any atom is -0.337 e. The van der Waals surface area contributed by atoms with Crippen LogP contribution in [0.5, 0.6) is 0 Å². The van der Waals surface area contributed by atoms with Crippen molar-refractivity contribution >= 4 is 0 Å². The monoisotopic (exact) mass is 223 g/mol. The summed E-state index contributed by atoms with van der Waals surface area (Å²) in [4.78, 5) is 2.14. The van der Waals surface area contributed by atoms with Crippen molar-refractivity contribution in [1.29, 1.82) is 0 Å². The molecule has 0 unspecified atom stereocenters. The quantitative estimate of drug-likeness (QED) is 0.691. The van der Waals surface area contributed by atoms with Gasteiger partial charge in [0.15, 0.2) is 0 Å². The summed E-state index contributed by atoms with van der Waals surface area (Å²) in [5.41, 5.74) is 1.02. The van der Waals surface area contributed by atoms with E-state index >= 15 is 0 Å². The first-order valence-corrected chi connectivity index (χ1v) is 5.66. The number of benzene rings is 1. The Kier molecular flexibility index (Phi) is 4.93. The first-order chi connectivity index (χ1) is 7.75. The van der Waals surface area contributed by atoms with Crippen molar-refractivity contribution in [1.82, 2.24) is 4.90 Å². The number of methoxy groups -OCH3 is 2. The Morgan fingerprint density at radius 3 is 1.88 bits per heavy atom. The van der Waals surface area contributed by atoms with Crippen molar-refractivity contribution in [3.63, 3.8) is 0 Å². The van der Waals surface area contributed by atoms with E-state index in [4.69, 9.17) is 9.47 Å². The van der Waals surface area contributed by atoms with E-state index in [-0.39, 0.29) is 0 Å². The number of hydrogen-bond donors (Lipinski definition) is 0. The van der Waals surface area contributed by atoms with Gasteiger partial charge in [-0.3, -0.25) is 0 Å². The normalized spacial score (nSPS) is 12.1. The molecule has 0 aliphatic rings. The number of rotatable bonds is 6. The highest BCUT2D eigenvalue weighted by molar-refractivity contribution is 5.20. The molecule has 0 bridgehead atoms. The molecule has 0 heterocycles. The molecule has 90 valence electrons. The molecule has 0 atom stereocenters. The molecule has 0 N–H and O–H groups in total. The number of nitrogens with zero attached hydrogens (tertiary/aromatic N) is 1. The molecule has 1 aromatic carbocycles. The second-order valence-electron chi connectivity index (χ2n) is 3.53. The summed E-state index contributed by atoms with van der Waals surface area (Å²) in [6.07, 6.45) is 0. The van der Waals surface area contributed by atoms with E-state index < -0.39 is 5.91 Å². The molecule has 0 spiro atoms. The average Bonchev–Trinajstić information content (AvgIpc) is 2.37. The molecule has 0 aromatic heterocycles. The fourth-order valence-corrected chi connectivity index (χ4v) is 2.05. The van der Waals surface area contributed by atoms with Gasteiger partial charge in [0.1, 0.15) is 0 Å². The molecule has 0 saturated heterocycles. The van der Waals surface area contributed by atoms with Crippen LogP contribution in [0.25, 0.3) is 0 Å². The van der Waals surface area contributed by atoms with E-state index in [1.54, 1.807) is 14.2 Å². The van der Waals surface area contributed by atoms with E-state index in [0.29, 0.717) is 0 Å². The average molecular weight is 223 g/mol. The molecule has 1 rings (SSSR count). The summed E-state index contributed by atoms with van der Waals surface area (Å²) >= 11 is 0. The van der Waals surface area contributed by atoms with Crippen molar-refractivity contribution in [2.75, 3.05) is 27.3 Å². The highest BCUT2D eigenvalue weighted by Gasteiger charge is 2.37. The standard InChI is InChI=1S/C13H21NO2/c1-5-14(6-2)13(15-3,16-4)12-10-8-7-9-11-12/h7-11H,5-6H2,1-4H3. The summed E-state index contributed by atoms with van der Waals surface area (Å²) in [5, 5.41) is 0. The summed E-state index contributed by atoms with van der Waals surface area (Å²) in [7, 11) is 3.35. The maximum absolute atomic E-state index is 5.62. The Bertz CT molecular complexity index is 292. The Hall–Kier alpha value is -0.900. The minimum atomic E-state index is -0.773. The van der Waals surface area contributed by atoms with Crippen LogP contribution in [-0.2, 0) is 15.4 Å². The summed E-state index contributed by atoms with van der Waals surface area (Å²) in [6, 6.07) is 10.0. The summed E-state index contributed by atoms with van der Waals surface area (Å²) < 4.78 is 11.2. The molecule has 0 radical (unpaired) electrons. The van der Waals surface area contributed by atoms with Crippen molar-refractivity contribution in [2.45, 2.75) is 19.8 Å². The molecular weight excluding hydrogens is 202 g/mol. The van der Waals surface area contributed by atoms with Crippen LogP contribution < -0.4 is 0 Å². The SMILES string of the molecule is CCN(CC)C(OC)(OC)c1ccccc1. The third kappa shape index (κ3) is 2.26. The lowest BCUT2D eigenvalue weighted by Crippen LogP contribution is -2.49. The highest BCUT2D eigenvalue weighted by atomic mass is 16.7. The van der Waals surface area contributed by atoms with E-state index in [1.165, 1.54) is 0 Å². The fourth-order valence-electron chi connectivity index (χ4n) is 2.05. The van der Waals surface area contributed by atoms with Crippen LogP contribution >= 0.6 is 0 Å². The second-order valence-corrected chi connectivity index (χ2v) is 3.53. The van der Waals surface area contributed by atoms with Gasteiger partial charge in [-0.25, -0.2) is 4.90 Å². The second kappa shape index (κ2) is 5.99. The van der Waals surface area contributed by atoms with Crippen LogP contribution in [0.15, 0.2) is 30.3 Å². The van der Waals surface area contributed by atoms with Crippen LogP contribution in [-0.4, -0.2) is 32.2 Å². The largest absolute Gasteiger partial charge is 0.337 e. The molecule has 3 nitrogen and oxygen atoms in total. The zero-order chi connectivity index (χ0) is 12.0. The lowest BCUT2D eigenvalue weighted by molar-refractivity contribution is -0.305. The van der Waals surface area contributed by atoms with Gasteiger partial charge in [-0.05, 0) is 0 Å².